The topological polar surface area (TPSA) is 112 Å². The summed E-state index contributed by atoms with van der Waals surface area (Å²) in [5.74, 6) is -2.13. The van der Waals surface area contributed by atoms with Crippen molar-refractivity contribution in [3.05, 3.63) is 42.5 Å². The molecule has 0 radical (unpaired) electrons. The summed E-state index contributed by atoms with van der Waals surface area (Å²) in [6, 6.07) is 14.7. The van der Waals surface area contributed by atoms with Gasteiger partial charge in [-0.2, -0.15) is 17.5 Å². The maximum atomic E-state index is 9.60. The van der Waals surface area contributed by atoms with Crippen LogP contribution in [0.15, 0.2) is 42.5 Å². The summed E-state index contributed by atoms with van der Waals surface area (Å²) < 4.78 is 0. The van der Waals surface area contributed by atoms with Gasteiger partial charge in [-0.15, -0.1) is 29.7 Å². The van der Waals surface area contributed by atoms with Gasteiger partial charge in [0.2, 0.25) is 0 Å². The van der Waals surface area contributed by atoms with Crippen LogP contribution in [-0.2, 0) is 36.1 Å². The quantitative estimate of drug-likeness (QED) is 0.433. The van der Waals surface area contributed by atoms with E-state index in [2.05, 4.69) is 42.5 Å². The van der Waals surface area contributed by atoms with E-state index in [9.17, 15) is 14.4 Å². The third-order valence-electron chi connectivity index (χ3n) is 2.94. The molecule has 0 spiro atoms. The molecule has 0 atom stereocenters. The summed E-state index contributed by atoms with van der Waals surface area (Å²) in [5, 5.41) is 26.4. The zero-order valence-electron chi connectivity index (χ0n) is 16.9. The Morgan fingerprint density at radius 1 is 0.750 bits per heavy atom. The second-order valence-corrected chi connectivity index (χ2v) is 5.59. The third-order valence-corrected chi connectivity index (χ3v) is 2.94. The first-order valence-electron chi connectivity index (χ1n) is 9.04. The molecule has 0 aliphatic carbocycles. The fourth-order valence-corrected chi connectivity index (χ4v) is 1.71. The van der Waals surface area contributed by atoms with Crippen molar-refractivity contribution < 1.29 is 51.4 Å². The monoisotopic (exact) mass is 427 g/mol. The van der Waals surface area contributed by atoms with Crippen LogP contribution < -0.4 is 0 Å². The van der Waals surface area contributed by atoms with Crippen molar-refractivity contribution in [2.75, 3.05) is 0 Å². The molecular formula is C21H31O6Ti-. The molecule has 3 N–H and O–H groups in total. The third kappa shape index (κ3) is 22.0. The Kier molecular flexibility index (Phi) is 23.3. The van der Waals surface area contributed by atoms with Crippen LogP contribution in [-0.4, -0.2) is 33.2 Å². The smallest absolute Gasteiger partial charge is 0.303 e. The largest absolute Gasteiger partial charge is 0.481 e. The van der Waals surface area contributed by atoms with E-state index in [-0.39, 0.29) is 21.7 Å². The van der Waals surface area contributed by atoms with Gasteiger partial charge in [0.1, 0.15) is 0 Å². The Balaban J connectivity index is -0.000000302. The summed E-state index contributed by atoms with van der Waals surface area (Å²) >= 11 is 0. The number of benzene rings is 1. The summed E-state index contributed by atoms with van der Waals surface area (Å²) in [5.41, 5.74) is 0. The molecule has 0 saturated heterocycles. The molecule has 156 valence electrons. The van der Waals surface area contributed by atoms with Crippen molar-refractivity contribution in [2.45, 2.75) is 59.3 Å². The molecular weight excluding hydrogens is 396 g/mol. The van der Waals surface area contributed by atoms with Gasteiger partial charge in [0.25, 0.3) is 0 Å². The van der Waals surface area contributed by atoms with Gasteiger partial charge in [-0.25, -0.2) is 0 Å². The number of fused-ring (bicyclic) bond motifs is 1. The Labute approximate surface area is 181 Å². The predicted octanol–water partition coefficient (Wildman–Crippen LogP) is 5.17. The average Bonchev–Trinajstić information content (AvgIpc) is 3.04. The van der Waals surface area contributed by atoms with Gasteiger partial charge < -0.3 is 15.3 Å². The van der Waals surface area contributed by atoms with Crippen LogP contribution in [0.3, 0.4) is 0 Å². The standard InChI is InChI=1S/C9H7.3C4H8O2.Ti/c1-2-5-9-7-3-6-8(9)4-1;3*1-2-3-4(5)6;/h1-7H;3*2-3H2,1H3,(H,5,6);/q-1;;;;. The molecule has 0 fully saturated rings. The molecule has 2 rings (SSSR count). The molecule has 0 aromatic heterocycles. The molecule has 0 aliphatic rings. The molecule has 2 aromatic carbocycles. The molecule has 7 heteroatoms. The molecule has 6 nitrogen and oxygen atoms in total. The normalized spacial score (nSPS) is 8.54. The van der Waals surface area contributed by atoms with E-state index in [0.29, 0.717) is 19.3 Å². The van der Waals surface area contributed by atoms with Crippen molar-refractivity contribution in [3.8, 4) is 0 Å². The number of rotatable bonds is 6. The van der Waals surface area contributed by atoms with Crippen molar-refractivity contribution in [1.29, 1.82) is 0 Å². The van der Waals surface area contributed by atoms with Crippen LogP contribution in [0.1, 0.15) is 59.3 Å². The number of carbonyl (C=O) groups is 3. The zero-order chi connectivity index (χ0) is 21.1. The minimum Gasteiger partial charge on any atom is -0.481 e. The fourth-order valence-electron chi connectivity index (χ4n) is 1.71. The first kappa shape index (κ1) is 30.7. The van der Waals surface area contributed by atoms with Gasteiger partial charge in [0, 0.05) is 41.0 Å². The van der Waals surface area contributed by atoms with Gasteiger partial charge in [-0.1, -0.05) is 26.8 Å². The maximum absolute atomic E-state index is 9.60. The van der Waals surface area contributed by atoms with Crippen LogP contribution in [0.25, 0.3) is 10.8 Å². The maximum Gasteiger partial charge on any atom is 0.303 e. The summed E-state index contributed by atoms with van der Waals surface area (Å²) in [6.45, 7) is 5.52. The summed E-state index contributed by atoms with van der Waals surface area (Å²) in [4.78, 5) is 28.8. The minimum atomic E-state index is -0.711. The van der Waals surface area contributed by atoms with Crippen LogP contribution in [0.2, 0.25) is 0 Å². The SMILES string of the molecule is CCCC(=O)O.CCCC(=O)O.CCCC(=O)O.[Ti].c1ccc2[cH-]ccc2c1. The van der Waals surface area contributed by atoms with E-state index in [1.54, 1.807) is 0 Å². The van der Waals surface area contributed by atoms with Crippen molar-refractivity contribution >= 4 is 28.7 Å². The second kappa shape index (κ2) is 21.3. The molecule has 0 unspecified atom stereocenters. The van der Waals surface area contributed by atoms with Crippen LogP contribution in [0.4, 0.5) is 0 Å². The Hall–Kier alpha value is -2.05. The van der Waals surface area contributed by atoms with Crippen molar-refractivity contribution in [2.24, 2.45) is 0 Å². The number of aliphatic carboxylic acids is 3. The van der Waals surface area contributed by atoms with E-state index < -0.39 is 17.9 Å². The molecule has 2 aromatic rings. The number of hydrogen-bond donors (Lipinski definition) is 3. The van der Waals surface area contributed by atoms with Crippen LogP contribution >= 0.6 is 0 Å². The van der Waals surface area contributed by atoms with Crippen molar-refractivity contribution in [3.63, 3.8) is 0 Å². The molecule has 0 saturated carbocycles. The molecule has 28 heavy (non-hydrogen) atoms. The number of carboxylic acid groups (broad SMARTS) is 3. The van der Waals surface area contributed by atoms with Gasteiger partial charge >= 0.3 is 17.9 Å². The first-order chi connectivity index (χ1) is 12.8. The fraction of sp³-hybridized carbons (Fsp3) is 0.429. The Bertz CT molecular complexity index is 583. The van der Waals surface area contributed by atoms with Gasteiger partial charge in [0.15, 0.2) is 0 Å². The van der Waals surface area contributed by atoms with Crippen molar-refractivity contribution in [1.82, 2.24) is 0 Å². The molecule has 0 aliphatic heterocycles. The number of hydrogen-bond acceptors (Lipinski definition) is 3. The Morgan fingerprint density at radius 3 is 1.43 bits per heavy atom. The second-order valence-electron chi connectivity index (χ2n) is 5.59. The Morgan fingerprint density at radius 2 is 1.14 bits per heavy atom. The van der Waals surface area contributed by atoms with Crippen LogP contribution in [0.5, 0.6) is 0 Å². The molecule has 0 heterocycles. The summed E-state index contributed by atoms with van der Waals surface area (Å²) in [6.07, 6.45) is 3.07. The van der Waals surface area contributed by atoms with Gasteiger partial charge in [0.05, 0.1) is 0 Å². The minimum absolute atomic E-state index is 0. The number of carboxylic acids is 3. The van der Waals surface area contributed by atoms with E-state index in [1.807, 2.05) is 20.8 Å². The predicted molar refractivity (Wildman–Crippen MR) is 107 cm³/mol. The zero-order valence-corrected chi connectivity index (χ0v) is 18.4. The molecule has 0 bridgehead atoms. The van der Waals surface area contributed by atoms with E-state index >= 15 is 0 Å². The molecule has 0 amide bonds. The summed E-state index contributed by atoms with van der Waals surface area (Å²) in [7, 11) is 0. The van der Waals surface area contributed by atoms with Gasteiger partial charge in [-0.05, 0) is 19.3 Å². The van der Waals surface area contributed by atoms with E-state index in [4.69, 9.17) is 15.3 Å². The first-order valence-corrected chi connectivity index (χ1v) is 9.04. The van der Waals surface area contributed by atoms with Gasteiger partial charge in [-0.3, -0.25) is 14.4 Å². The van der Waals surface area contributed by atoms with Crippen LogP contribution in [0, 0.1) is 0 Å². The van der Waals surface area contributed by atoms with E-state index in [1.165, 1.54) is 10.8 Å². The average molecular weight is 427 g/mol. The van der Waals surface area contributed by atoms with E-state index in [0.717, 1.165) is 19.3 Å².